The minimum absolute atomic E-state index is 0.248. The van der Waals surface area contributed by atoms with Gasteiger partial charge in [-0.2, -0.15) is 0 Å². The fourth-order valence-electron chi connectivity index (χ4n) is 3.00. The molecule has 1 N–H and O–H groups in total. The quantitative estimate of drug-likeness (QED) is 0.672. The second kappa shape index (κ2) is 8.27. The highest BCUT2D eigenvalue weighted by Crippen LogP contribution is 2.21. The van der Waals surface area contributed by atoms with Crippen LogP contribution in [0, 0.1) is 6.92 Å². The lowest BCUT2D eigenvalue weighted by Gasteiger charge is -2.14. The molecule has 0 aliphatic carbocycles. The Morgan fingerprint density at radius 1 is 1.07 bits per heavy atom. The van der Waals surface area contributed by atoms with Gasteiger partial charge in [-0.1, -0.05) is 42.8 Å². The second-order valence-corrected chi connectivity index (χ2v) is 6.83. The number of aryl methyl sites for hydroxylation is 2. The van der Waals surface area contributed by atoms with Crippen molar-refractivity contribution in [3.63, 3.8) is 0 Å². The SMILES string of the molecule is CCc1cccc(C)c1NC(=O)Cn1ccn(-c2cccc(Cl)c2)c(=O)c1=O. The molecule has 1 heterocycles. The molecule has 0 radical (unpaired) electrons. The number of hydrogen-bond donors (Lipinski definition) is 1. The summed E-state index contributed by atoms with van der Waals surface area (Å²) in [7, 11) is 0. The minimum atomic E-state index is -0.780. The highest BCUT2D eigenvalue weighted by atomic mass is 35.5. The summed E-state index contributed by atoms with van der Waals surface area (Å²) in [6.45, 7) is 3.67. The molecule has 0 bridgehead atoms. The average molecular weight is 398 g/mol. The second-order valence-electron chi connectivity index (χ2n) is 6.40. The smallest absolute Gasteiger partial charge is 0.320 e. The van der Waals surface area contributed by atoms with E-state index in [0.29, 0.717) is 10.7 Å². The number of amides is 1. The number of anilines is 1. The first kappa shape index (κ1) is 19.6. The fourth-order valence-corrected chi connectivity index (χ4v) is 3.18. The lowest BCUT2D eigenvalue weighted by molar-refractivity contribution is -0.116. The van der Waals surface area contributed by atoms with E-state index >= 15 is 0 Å². The standard InChI is InChI=1S/C21H20ClN3O3/c1-3-15-7-4-6-14(2)19(15)23-18(26)13-24-10-11-25(21(28)20(24)27)17-9-5-8-16(22)12-17/h4-12H,3,13H2,1-2H3,(H,23,26). The number of halogens is 1. The Bertz CT molecular complexity index is 1150. The van der Waals surface area contributed by atoms with Crippen LogP contribution in [0.4, 0.5) is 5.69 Å². The zero-order chi connectivity index (χ0) is 20.3. The van der Waals surface area contributed by atoms with E-state index in [1.165, 1.54) is 17.0 Å². The first-order chi connectivity index (χ1) is 13.4. The highest BCUT2D eigenvalue weighted by molar-refractivity contribution is 6.30. The predicted octanol–water partition coefficient (Wildman–Crippen LogP) is 3.16. The number of carbonyl (C=O) groups is 1. The molecule has 7 heteroatoms. The third kappa shape index (κ3) is 4.07. The Balaban J connectivity index is 1.86. The van der Waals surface area contributed by atoms with Crippen LogP contribution in [-0.4, -0.2) is 15.0 Å². The van der Waals surface area contributed by atoms with Crippen LogP contribution in [0.3, 0.4) is 0 Å². The molecule has 144 valence electrons. The molecule has 1 aromatic heterocycles. The number of aromatic nitrogens is 2. The van der Waals surface area contributed by atoms with E-state index in [1.54, 1.807) is 24.3 Å². The summed E-state index contributed by atoms with van der Waals surface area (Å²) in [4.78, 5) is 37.4. The number of benzene rings is 2. The van der Waals surface area contributed by atoms with Gasteiger partial charge in [0.2, 0.25) is 5.91 Å². The molecule has 6 nitrogen and oxygen atoms in total. The number of hydrogen-bond acceptors (Lipinski definition) is 3. The first-order valence-corrected chi connectivity index (χ1v) is 9.25. The number of nitrogens with zero attached hydrogens (tertiary/aromatic N) is 2. The van der Waals surface area contributed by atoms with Crippen LogP contribution in [0.5, 0.6) is 0 Å². The molecule has 1 amide bonds. The van der Waals surface area contributed by atoms with Crippen molar-refractivity contribution in [1.29, 1.82) is 0 Å². The largest absolute Gasteiger partial charge is 0.324 e. The lowest BCUT2D eigenvalue weighted by atomic mass is 10.1. The molecule has 0 atom stereocenters. The average Bonchev–Trinajstić information content (AvgIpc) is 2.67. The number of carbonyl (C=O) groups excluding carboxylic acids is 1. The zero-order valence-corrected chi connectivity index (χ0v) is 16.4. The van der Waals surface area contributed by atoms with Gasteiger partial charge in [-0.15, -0.1) is 0 Å². The van der Waals surface area contributed by atoms with Crippen molar-refractivity contribution < 1.29 is 4.79 Å². The van der Waals surface area contributed by atoms with Crippen LogP contribution in [0.15, 0.2) is 64.4 Å². The maximum atomic E-state index is 12.5. The molecule has 2 aromatic carbocycles. The van der Waals surface area contributed by atoms with Crippen LogP contribution in [0.2, 0.25) is 5.02 Å². The van der Waals surface area contributed by atoms with Gasteiger partial charge in [-0.3, -0.25) is 23.5 Å². The van der Waals surface area contributed by atoms with Gasteiger partial charge in [0, 0.05) is 23.1 Å². The summed E-state index contributed by atoms with van der Waals surface area (Å²) in [6, 6.07) is 12.4. The summed E-state index contributed by atoms with van der Waals surface area (Å²) in [5.41, 5.74) is 1.66. The van der Waals surface area contributed by atoms with Crippen molar-refractivity contribution in [2.45, 2.75) is 26.8 Å². The summed E-state index contributed by atoms with van der Waals surface area (Å²) >= 11 is 5.95. The van der Waals surface area contributed by atoms with Crippen molar-refractivity contribution in [2.75, 3.05) is 5.32 Å². The Kier molecular flexibility index (Phi) is 5.80. The molecular weight excluding hydrogens is 378 g/mol. The molecule has 3 aromatic rings. The van der Waals surface area contributed by atoms with Crippen LogP contribution < -0.4 is 16.4 Å². The van der Waals surface area contributed by atoms with E-state index < -0.39 is 11.1 Å². The molecule has 3 rings (SSSR count). The maximum absolute atomic E-state index is 12.5. The van der Waals surface area contributed by atoms with Crippen molar-refractivity contribution in [3.05, 3.63) is 91.7 Å². The molecule has 0 spiro atoms. The summed E-state index contributed by atoms with van der Waals surface area (Å²) in [5.74, 6) is -0.369. The first-order valence-electron chi connectivity index (χ1n) is 8.87. The van der Waals surface area contributed by atoms with E-state index in [9.17, 15) is 14.4 Å². The predicted molar refractivity (Wildman–Crippen MR) is 110 cm³/mol. The van der Waals surface area contributed by atoms with Gasteiger partial charge in [0.25, 0.3) is 0 Å². The third-order valence-electron chi connectivity index (χ3n) is 4.46. The van der Waals surface area contributed by atoms with Gasteiger partial charge in [-0.25, -0.2) is 0 Å². The normalized spacial score (nSPS) is 10.7. The number of nitrogens with one attached hydrogen (secondary N) is 1. The van der Waals surface area contributed by atoms with Gasteiger partial charge in [0.05, 0.1) is 5.69 Å². The van der Waals surface area contributed by atoms with Gasteiger partial charge in [0.1, 0.15) is 6.54 Å². The monoisotopic (exact) mass is 397 g/mol. The van der Waals surface area contributed by atoms with Gasteiger partial charge >= 0.3 is 11.1 Å². The van der Waals surface area contributed by atoms with Crippen molar-refractivity contribution >= 4 is 23.2 Å². The molecule has 0 saturated carbocycles. The van der Waals surface area contributed by atoms with Crippen molar-refractivity contribution in [3.8, 4) is 5.69 Å². The minimum Gasteiger partial charge on any atom is -0.324 e. The van der Waals surface area contributed by atoms with E-state index in [0.717, 1.165) is 27.8 Å². The van der Waals surface area contributed by atoms with Gasteiger partial charge in [0.15, 0.2) is 0 Å². The Morgan fingerprint density at radius 2 is 1.82 bits per heavy atom. The third-order valence-corrected chi connectivity index (χ3v) is 4.70. The Labute approximate surface area is 167 Å². The fraction of sp³-hybridized carbons (Fsp3) is 0.190. The van der Waals surface area contributed by atoms with Gasteiger partial charge < -0.3 is 5.32 Å². The van der Waals surface area contributed by atoms with Gasteiger partial charge in [-0.05, 0) is 42.7 Å². The van der Waals surface area contributed by atoms with Crippen LogP contribution in [0.1, 0.15) is 18.1 Å². The molecule has 0 saturated heterocycles. The summed E-state index contributed by atoms with van der Waals surface area (Å²) in [5, 5.41) is 3.31. The van der Waals surface area contributed by atoms with Crippen LogP contribution in [-0.2, 0) is 17.8 Å². The Morgan fingerprint density at radius 3 is 2.54 bits per heavy atom. The number of para-hydroxylation sites is 1. The van der Waals surface area contributed by atoms with Crippen molar-refractivity contribution in [1.82, 2.24) is 9.13 Å². The Hall–Kier alpha value is -3.12. The maximum Gasteiger partial charge on any atom is 0.320 e. The van der Waals surface area contributed by atoms with Crippen LogP contribution in [0.25, 0.3) is 5.69 Å². The lowest BCUT2D eigenvalue weighted by Crippen LogP contribution is -2.41. The van der Waals surface area contributed by atoms with Crippen LogP contribution >= 0.6 is 11.6 Å². The van der Waals surface area contributed by atoms with Crippen molar-refractivity contribution in [2.24, 2.45) is 0 Å². The van der Waals surface area contributed by atoms with E-state index in [1.807, 2.05) is 32.0 Å². The highest BCUT2D eigenvalue weighted by Gasteiger charge is 2.12. The molecule has 0 aliphatic heterocycles. The van der Waals surface area contributed by atoms with E-state index in [4.69, 9.17) is 11.6 Å². The number of rotatable bonds is 5. The topological polar surface area (TPSA) is 73.1 Å². The molecule has 28 heavy (non-hydrogen) atoms. The van der Waals surface area contributed by atoms with E-state index in [2.05, 4.69) is 5.32 Å². The summed E-state index contributed by atoms with van der Waals surface area (Å²) < 4.78 is 2.31. The van der Waals surface area contributed by atoms with E-state index in [-0.39, 0.29) is 12.5 Å². The zero-order valence-electron chi connectivity index (χ0n) is 15.6. The summed E-state index contributed by atoms with van der Waals surface area (Å²) in [6.07, 6.45) is 3.64. The molecule has 0 aliphatic rings. The molecule has 0 unspecified atom stereocenters. The molecular formula is C21H20ClN3O3. The molecule has 0 fully saturated rings.